The largest absolute Gasteiger partial charge is 0.434 e. The third-order valence-electron chi connectivity index (χ3n) is 3.62. The van der Waals surface area contributed by atoms with Crippen LogP contribution in [0.3, 0.4) is 0 Å². The van der Waals surface area contributed by atoms with E-state index in [0.29, 0.717) is 15.3 Å². The average molecular weight is 427 g/mol. The summed E-state index contributed by atoms with van der Waals surface area (Å²) in [6.07, 6.45) is -2.76. The summed E-state index contributed by atoms with van der Waals surface area (Å²) >= 11 is 11.7. The van der Waals surface area contributed by atoms with Crippen LogP contribution < -0.4 is 5.43 Å². The molecule has 3 rings (SSSR count). The van der Waals surface area contributed by atoms with E-state index in [-0.39, 0.29) is 10.7 Å². The second-order valence-electron chi connectivity index (χ2n) is 5.52. The van der Waals surface area contributed by atoms with Crippen molar-refractivity contribution in [3.63, 3.8) is 0 Å². The zero-order valence-electron chi connectivity index (χ0n) is 13.9. The highest BCUT2D eigenvalue weighted by Gasteiger charge is 2.40. The Morgan fingerprint density at radius 1 is 1.14 bits per heavy atom. The van der Waals surface area contributed by atoms with E-state index < -0.39 is 23.3 Å². The molecule has 0 saturated carbocycles. The van der Waals surface area contributed by atoms with Gasteiger partial charge in [-0.25, -0.2) is 10.1 Å². The molecule has 0 radical (unpaired) electrons. The van der Waals surface area contributed by atoms with Gasteiger partial charge < -0.3 is 0 Å². The van der Waals surface area contributed by atoms with E-state index >= 15 is 0 Å². The summed E-state index contributed by atoms with van der Waals surface area (Å²) in [6.45, 7) is 0. The van der Waals surface area contributed by atoms with Crippen molar-refractivity contribution in [3.05, 3.63) is 81.6 Å². The highest BCUT2D eigenvalue weighted by atomic mass is 35.5. The van der Waals surface area contributed by atoms with Crippen LogP contribution in [0.15, 0.2) is 59.8 Å². The molecule has 3 aromatic rings. The number of carbonyl (C=O) groups is 1. The van der Waals surface area contributed by atoms with Crippen molar-refractivity contribution in [1.29, 1.82) is 0 Å². The van der Waals surface area contributed by atoms with Crippen LogP contribution in [-0.2, 0) is 6.18 Å². The number of amides is 1. The van der Waals surface area contributed by atoms with Crippen LogP contribution in [0.4, 0.5) is 13.2 Å². The Labute approximate surface area is 167 Å². The molecule has 2 aromatic carbocycles. The smallest absolute Gasteiger partial charge is 0.267 e. The van der Waals surface area contributed by atoms with Crippen molar-refractivity contribution in [2.45, 2.75) is 6.18 Å². The molecular formula is C18H11Cl2F3N4O. The Morgan fingerprint density at radius 3 is 2.50 bits per heavy atom. The molecule has 0 bridgehead atoms. The number of benzene rings is 2. The second-order valence-corrected chi connectivity index (χ2v) is 6.36. The fourth-order valence-corrected chi connectivity index (χ4v) is 2.84. The van der Waals surface area contributed by atoms with E-state index in [4.69, 9.17) is 23.2 Å². The molecule has 0 atom stereocenters. The summed E-state index contributed by atoms with van der Waals surface area (Å²) in [5, 5.41) is 8.06. The molecule has 28 heavy (non-hydrogen) atoms. The first-order valence-corrected chi connectivity index (χ1v) is 8.52. The molecule has 144 valence electrons. The molecule has 0 aliphatic rings. The normalized spacial score (nSPS) is 11.8. The molecule has 1 amide bonds. The van der Waals surface area contributed by atoms with Gasteiger partial charge in [0, 0.05) is 10.6 Å². The van der Waals surface area contributed by atoms with Gasteiger partial charge in [-0.15, -0.1) is 0 Å². The summed E-state index contributed by atoms with van der Waals surface area (Å²) in [6, 6.07) is 12.3. The van der Waals surface area contributed by atoms with E-state index in [1.165, 1.54) is 24.4 Å². The fourth-order valence-electron chi connectivity index (χ4n) is 2.38. The van der Waals surface area contributed by atoms with Gasteiger partial charge in [-0.05, 0) is 24.3 Å². The molecule has 1 N–H and O–H groups in total. The van der Waals surface area contributed by atoms with E-state index in [1.54, 1.807) is 30.3 Å². The number of carbonyl (C=O) groups excluding carboxylic acids is 1. The molecule has 1 heterocycles. The Balaban J connectivity index is 1.88. The highest BCUT2D eigenvalue weighted by molar-refractivity contribution is 6.36. The molecule has 10 heteroatoms. The van der Waals surface area contributed by atoms with Crippen LogP contribution in [0, 0.1) is 0 Å². The molecule has 0 aliphatic carbocycles. The van der Waals surface area contributed by atoms with Crippen molar-refractivity contribution in [2.24, 2.45) is 5.10 Å². The Bertz CT molecular complexity index is 1030. The molecule has 0 aliphatic heterocycles. The number of hydrazone groups is 1. The molecule has 0 fully saturated rings. The van der Waals surface area contributed by atoms with Crippen LogP contribution in [0.1, 0.15) is 21.6 Å². The highest BCUT2D eigenvalue weighted by Crippen LogP contribution is 2.33. The van der Waals surface area contributed by atoms with Crippen LogP contribution in [0.2, 0.25) is 10.0 Å². The van der Waals surface area contributed by atoms with Gasteiger partial charge in [-0.2, -0.15) is 23.4 Å². The molecule has 0 saturated heterocycles. The monoisotopic (exact) mass is 426 g/mol. The topological polar surface area (TPSA) is 59.3 Å². The van der Waals surface area contributed by atoms with Gasteiger partial charge in [-0.1, -0.05) is 47.5 Å². The lowest BCUT2D eigenvalue weighted by atomic mass is 10.2. The third kappa shape index (κ3) is 4.35. The van der Waals surface area contributed by atoms with Crippen LogP contribution in [-0.4, -0.2) is 21.9 Å². The number of aromatic nitrogens is 2. The zero-order chi connectivity index (χ0) is 20.3. The molecule has 5 nitrogen and oxygen atoms in total. The Kier molecular flexibility index (Phi) is 5.71. The lowest BCUT2D eigenvalue weighted by molar-refractivity contribution is -0.143. The predicted octanol–water partition coefficient (Wildman–Crippen LogP) is 4.96. The fraction of sp³-hybridized carbons (Fsp3) is 0.0556. The molecule has 0 unspecified atom stereocenters. The summed E-state index contributed by atoms with van der Waals surface area (Å²) in [5.74, 6) is -1.06. The van der Waals surface area contributed by atoms with Gasteiger partial charge in [0.15, 0.2) is 5.69 Å². The van der Waals surface area contributed by atoms with Crippen molar-refractivity contribution in [2.75, 3.05) is 0 Å². The van der Waals surface area contributed by atoms with E-state index in [2.05, 4.69) is 15.6 Å². The number of halogens is 5. The van der Waals surface area contributed by atoms with Gasteiger partial charge in [0.1, 0.15) is 0 Å². The van der Waals surface area contributed by atoms with Gasteiger partial charge in [-0.3, -0.25) is 4.79 Å². The summed E-state index contributed by atoms with van der Waals surface area (Å²) in [7, 11) is 0. The van der Waals surface area contributed by atoms with Crippen LogP contribution >= 0.6 is 23.2 Å². The van der Waals surface area contributed by atoms with Crippen LogP contribution in [0.25, 0.3) is 5.69 Å². The minimum Gasteiger partial charge on any atom is -0.267 e. The molecule has 1 aromatic heterocycles. The first-order valence-electron chi connectivity index (χ1n) is 7.76. The van der Waals surface area contributed by atoms with Crippen molar-refractivity contribution in [1.82, 2.24) is 15.2 Å². The summed E-state index contributed by atoms with van der Waals surface area (Å²) < 4.78 is 41.3. The quantitative estimate of drug-likeness (QED) is 0.473. The standard InChI is InChI=1S/C18H11Cl2F3N4O/c19-12-7-6-11(15(20)8-12)9-24-26-17(28)14-10-25-27(16(14)18(21,22)23)13-4-2-1-3-5-13/h1-10H,(H,26,28). The number of nitrogens with zero attached hydrogens (tertiary/aromatic N) is 3. The minimum atomic E-state index is -4.80. The lowest BCUT2D eigenvalue weighted by Crippen LogP contribution is -2.23. The van der Waals surface area contributed by atoms with E-state index in [0.717, 1.165) is 6.20 Å². The SMILES string of the molecule is O=C(NN=Cc1ccc(Cl)cc1Cl)c1cnn(-c2ccccc2)c1C(F)(F)F. The average Bonchev–Trinajstić information content (AvgIpc) is 3.10. The van der Waals surface area contributed by atoms with Crippen LogP contribution in [0.5, 0.6) is 0 Å². The molecule has 0 spiro atoms. The first kappa shape index (κ1) is 19.9. The zero-order valence-corrected chi connectivity index (χ0v) is 15.4. The second kappa shape index (κ2) is 8.04. The van der Waals surface area contributed by atoms with Gasteiger partial charge >= 0.3 is 6.18 Å². The minimum absolute atomic E-state index is 0.172. The lowest BCUT2D eigenvalue weighted by Gasteiger charge is -2.12. The van der Waals surface area contributed by atoms with Gasteiger partial charge in [0.05, 0.1) is 28.7 Å². The van der Waals surface area contributed by atoms with Crippen molar-refractivity contribution >= 4 is 35.3 Å². The number of hydrogen-bond donors (Lipinski definition) is 1. The Hall–Kier alpha value is -2.84. The first-order chi connectivity index (χ1) is 13.3. The number of alkyl halides is 3. The third-order valence-corrected chi connectivity index (χ3v) is 4.18. The molecular weight excluding hydrogens is 416 g/mol. The van der Waals surface area contributed by atoms with Gasteiger partial charge in [0.2, 0.25) is 0 Å². The number of nitrogens with one attached hydrogen (secondary N) is 1. The number of rotatable bonds is 4. The van der Waals surface area contributed by atoms with Gasteiger partial charge in [0.25, 0.3) is 5.91 Å². The summed E-state index contributed by atoms with van der Waals surface area (Å²) in [5.41, 5.74) is 0.802. The van der Waals surface area contributed by atoms with Crippen molar-refractivity contribution in [3.8, 4) is 5.69 Å². The number of para-hydroxylation sites is 1. The maximum atomic E-state index is 13.6. The summed E-state index contributed by atoms with van der Waals surface area (Å²) in [4.78, 5) is 12.3. The van der Waals surface area contributed by atoms with E-state index in [1.807, 2.05) is 0 Å². The van der Waals surface area contributed by atoms with E-state index in [9.17, 15) is 18.0 Å². The maximum Gasteiger partial charge on any atom is 0.434 e. The number of hydrogen-bond acceptors (Lipinski definition) is 3. The van der Waals surface area contributed by atoms with Crippen molar-refractivity contribution < 1.29 is 18.0 Å². The maximum absolute atomic E-state index is 13.6. The Morgan fingerprint density at radius 2 is 1.86 bits per heavy atom. The predicted molar refractivity (Wildman–Crippen MR) is 100 cm³/mol.